The van der Waals surface area contributed by atoms with Crippen molar-refractivity contribution >= 4 is 0 Å². The van der Waals surface area contributed by atoms with Gasteiger partial charge in [0, 0.05) is 0 Å². The van der Waals surface area contributed by atoms with Crippen molar-refractivity contribution < 1.29 is 0 Å². The molecule has 0 radical (unpaired) electrons. The topological polar surface area (TPSA) is 0 Å². The van der Waals surface area contributed by atoms with Gasteiger partial charge in [-0.05, 0) is 529 Å². The maximum absolute atomic E-state index is 2.00. The van der Waals surface area contributed by atoms with Crippen LogP contribution >= 0.6 is 0 Å². The van der Waals surface area contributed by atoms with Gasteiger partial charge in [0.2, 0.25) is 0 Å². The Morgan fingerprint density at radius 1 is 0.0926 bits per heavy atom. The molecule has 0 aromatic carbocycles. The lowest BCUT2D eigenvalue weighted by Crippen LogP contribution is -2.42. The smallest absolute Gasteiger partial charge is 0.0321 e. The van der Waals surface area contributed by atoms with Crippen molar-refractivity contribution in [2.75, 3.05) is 0 Å². The number of fused-ring (bicyclic) bond motifs is 65. The van der Waals surface area contributed by atoms with Crippen LogP contribution in [-0.2, 0) is 0 Å². The van der Waals surface area contributed by atoms with Crippen LogP contribution in [0.5, 0.6) is 0 Å². The van der Waals surface area contributed by atoms with Crippen LogP contribution in [0.2, 0.25) is 0 Å². The number of hydrogen-bond acceptors (Lipinski definition) is 0. The third-order valence-electron chi connectivity index (χ3n) is 44.1. The van der Waals surface area contributed by atoms with Crippen LogP contribution < -0.4 is 0 Å². The zero-order valence-electron chi connectivity index (χ0n) is 74.5. The molecule has 42 atom stereocenters. The maximum atomic E-state index is 2.00. The van der Waals surface area contributed by atoms with Gasteiger partial charge in [-0.25, -0.2) is 0 Å². The van der Waals surface area contributed by atoms with Crippen LogP contribution in [0.4, 0.5) is 0 Å². The summed E-state index contributed by atoms with van der Waals surface area (Å²) in [4.78, 5) is 0. The molecule has 616 valence electrons. The van der Waals surface area contributed by atoms with E-state index in [2.05, 4.69) is 0 Å². The molecule has 24 bridgehead atoms. The fourth-order valence-corrected chi connectivity index (χ4v) is 42.5. The monoisotopic (exact) mass is 1480 g/mol. The molecule has 30 aliphatic rings. The highest BCUT2D eigenvalue weighted by Crippen LogP contribution is 2.79. The van der Waals surface area contributed by atoms with Crippen molar-refractivity contribution in [3.8, 4) is 0 Å². The molecule has 42 unspecified atom stereocenters. The molecule has 30 saturated carbocycles. The SMILES string of the molecule is C1CC2C(C1)C1CC2C2C3CCC(C3)C12.C1CC2C3CCC(C3)C2C1.C1CC2CC1C1C3CC(C21)C1C2CCC(C2)C31.C1CC2CC1C1C3CC(C4CCC43)C21.C1CC2CC1C1C3CCC(C3)C21.C1CCC2C3CCC(C3)C2C1.C1CCC2CC3C4CCC(C4)C3CC2C1.CC.CC.CC.CC.CC.CC.CC. The van der Waals surface area contributed by atoms with Crippen LogP contribution in [0.15, 0.2) is 0 Å². The van der Waals surface area contributed by atoms with Crippen molar-refractivity contribution in [1.82, 2.24) is 0 Å². The van der Waals surface area contributed by atoms with Gasteiger partial charge in [-0.2, -0.15) is 0 Å². The second-order valence-corrected chi connectivity index (χ2v) is 45.1. The van der Waals surface area contributed by atoms with E-state index < -0.39 is 0 Å². The lowest BCUT2D eigenvalue weighted by atomic mass is 9.56. The Balaban J connectivity index is 0.0000000902. The third kappa shape index (κ3) is 13.3. The Morgan fingerprint density at radius 2 is 0.269 bits per heavy atom. The lowest BCUT2D eigenvalue weighted by Gasteiger charge is -2.49. The maximum Gasteiger partial charge on any atom is -0.0321 e. The number of rotatable bonds is 0. The summed E-state index contributed by atoms with van der Waals surface area (Å²) >= 11 is 0. The third-order valence-corrected chi connectivity index (χ3v) is 44.1. The summed E-state index contributed by atoms with van der Waals surface area (Å²) in [5.41, 5.74) is 0. The summed E-state index contributed by atoms with van der Waals surface area (Å²) in [6.07, 6.45) is 77.4. The summed E-state index contributed by atoms with van der Waals surface area (Å²) in [5.74, 6) is 55.9. The van der Waals surface area contributed by atoms with Gasteiger partial charge in [-0.3, -0.25) is 0 Å². The van der Waals surface area contributed by atoms with E-state index in [0.717, 1.165) is 0 Å². The van der Waals surface area contributed by atoms with E-state index in [4.69, 9.17) is 0 Å². The first kappa shape index (κ1) is 80.4. The summed E-state index contributed by atoms with van der Waals surface area (Å²) in [7, 11) is 0. The molecule has 0 nitrogen and oxygen atoms in total. The first-order valence-corrected chi connectivity index (χ1v) is 53.5. The Hall–Kier alpha value is 0. The highest BCUT2D eigenvalue weighted by molar-refractivity contribution is 5.20. The normalized spacial score (nSPS) is 57.1. The standard InChI is InChI=1S/C17H24.C15H22.C15H24.C14H20.C12H18.C11H18.C10H16.7C2H6/c1-2-9-5-8(1)14-12-7-13(15(9)14)17-11-4-3-10(6-11)16(12)17;1-2-10-11(3-1)13-7-12(10)14-8-4-5-9(6-8)15(13)14;1-2-4-11-9-15-13-6-5-12(7-13)14(15)8-10(11)3-1;1-2-8-5-7(1)13-11-6-12(14(8)13)10-4-3-9(10)11;1-2-8-5-7(1)11-9-3-4-10(6-9)12(8)11;1-2-4-11-9-6-5-8(7-9)10(11)3-1;1-2-9-7-4-5-8(6-7)10(9)3-1;7*1-2/h8-17H,1-7H2;8-15H,1-7H2;10-15H,1-9H2;7-14H,1-6H2;7-12H,1-6H2;8-11H,1-7H2;7-10H,1-6H2;7*1-2H3. The molecule has 30 fully saturated rings. The quantitative estimate of drug-likeness (QED) is 0.212. The van der Waals surface area contributed by atoms with Crippen LogP contribution in [0.1, 0.15) is 405 Å². The molecule has 0 aromatic heterocycles. The minimum Gasteiger partial charge on any atom is -0.0683 e. The molecule has 0 amide bonds. The van der Waals surface area contributed by atoms with E-state index in [9.17, 15) is 0 Å². The second kappa shape index (κ2) is 34.8. The van der Waals surface area contributed by atoms with E-state index in [1.54, 1.807) is 308 Å². The minimum absolute atomic E-state index is 1.17. The van der Waals surface area contributed by atoms with Crippen LogP contribution in [-0.4, -0.2) is 0 Å². The first-order valence-electron chi connectivity index (χ1n) is 53.5. The predicted octanol–water partition coefficient (Wildman–Crippen LogP) is 31.6. The van der Waals surface area contributed by atoms with Crippen LogP contribution in [0.3, 0.4) is 0 Å². The highest BCUT2D eigenvalue weighted by Gasteiger charge is 2.72. The molecule has 0 N–H and O–H groups in total. The average Bonchev–Trinajstić information content (AvgIpc) is 1.52. The Labute approximate surface area is 673 Å². The van der Waals surface area contributed by atoms with E-state index in [-0.39, 0.29) is 0 Å². The van der Waals surface area contributed by atoms with Gasteiger partial charge in [0.15, 0.2) is 0 Å². The van der Waals surface area contributed by atoms with Gasteiger partial charge >= 0.3 is 0 Å². The van der Waals surface area contributed by atoms with Crippen molar-refractivity contribution in [2.24, 2.45) is 272 Å². The van der Waals surface area contributed by atoms with Crippen molar-refractivity contribution in [3.63, 3.8) is 0 Å². The summed E-state index contributed by atoms with van der Waals surface area (Å²) in [5, 5.41) is 0. The van der Waals surface area contributed by atoms with Crippen LogP contribution in [0, 0.1) is 272 Å². The summed E-state index contributed by atoms with van der Waals surface area (Å²) in [6, 6.07) is 0. The van der Waals surface area contributed by atoms with Crippen molar-refractivity contribution in [2.45, 2.75) is 405 Å². The molecule has 0 heteroatoms. The largest absolute Gasteiger partial charge is 0.0683 e. The zero-order chi connectivity index (χ0) is 74.5. The van der Waals surface area contributed by atoms with E-state index in [1.165, 1.54) is 272 Å². The fourth-order valence-electron chi connectivity index (χ4n) is 42.5. The van der Waals surface area contributed by atoms with Gasteiger partial charge < -0.3 is 0 Å². The van der Waals surface area contributed by atoms with E-state index in [1.807, 2.05) is 96.9 Å². The molecule has 0 heterocycles. The van der Waals surface area contributed by atoms with Gasteiger partial charge in [-0.1, -0.05) is 148 Å². The van der Waals surface area contributed by atoms with Crippen molar-refractivity contribution in [1.29, 1.82) is 0 Å². The molecule has 30 aliphatic carbocycles. The Morgan fingerprint density at radius 3 is 0.528 bits per heavy atom. The molecule has 0 aromatic rings. The highest BCUT2D eigenvalue weighted by atomic mass is 14.8. The molecule has 108 heavy (non-hydrogen) atoms. The summed E-state index contributed by atoms with van der Waals surface area (Å²) < 4.78 is 0. The van der Waals surface area contributed by atoms with E-state index in [0.29, 0.717) is 0 Å². The molecular formula is C108H184. The minimum atomic E-state index is 1.17. The van der Waals surface area contributed by atoms with Gasteiger partial charge in [0.25, 0.3) is 0 Å². The second-order valence-electron chi connectivity index (χ2n) is 45.1. The molecule has 30 rings (SSSR count). The van der Waals surface area contributed by atoms with Crippen LogP contribution in [0.25, 0.3) is 0 Å². The van der Waals surface area contributed by atoms with Gasteiger partial charge in [0.1, 0.15) is 0 Å². The van der Waals surface area contributed by atoms with Gasteiger partial charge in [0.05, 0.1) is 0 Å². The molecule has 0 aliphatic heterocycles. The number of hydrogen-bond donors (Lipinski definition) is 0. The zero-order valence-corrected chi connectivity index (χ0v) is 74.5. The molecule has 0 saturated heterocycles. The Kier molecular flexibility index (Phi) is 25.9. The van der Waals surface area contributed by atoms with Crippen molar-refractivity contribution in [3.05, 3.63) is 0 Å². The average molecular weight is 1480 g/mol. The summed E-state index contributed by atoms with van der Waals surface area (Å²) in [6.45, 7) is 28.0. The molecular weight excluding hydrogens is 1300 g/mol. The Bertz CT molecular complexity index is 2580. The first-order chi connectivity index (χ1) is 53.5. The van der Waals surface area contributed by atoms with Gasteiger partial charge in [-0.15, -0.1) is 0 Å². The predicted molar refractivity (Wildman–Crippen MR) is 462 cm³/mol. The fraction of sp³-hybridized carbons (Fsp3) is 1.00. The lowest BCUT2D eigenvalue weighted by molar-refractivity contribution is -0.00279. The van der Waals surface area contributed by atoms with E-state index >= 15 is 0 Å². The molecule has 0 spiro atoms.